The molecule has 0 spiro atoms. The van der Waals surface area contributed by atoms with Crippen molar-refractivity contribution in [2.45, 2.75) is 25.8 Å². The number of carbonyl (C=O) groups is 1. The van der Waals surface area contributed by atoms with Gasteiger partial charge in [0.1, 0.15) is 5.75 Å². The molecule has 0 saturated carbocycles. The molecule has 2 rings (SSSR count). The molecular formula is C15H18N2O5. The van der Waals surface area contributed by atoms with Crippen molar-refractivity contribution in [2.24, 2.45) is 0 Å². The smallest absolute Gasteiger partial charge is 0.384 e. The minimum atomic E-state index is -1.83. The van der Waals surface area contributed by atoms with Gasteiger partial charge in [0, 0.05) is 28.9 Å². The lowest BCUT2D eigenvalue weighted by Gasteiger charge is -2.17. The maximum atomic E-state index is 11.8. The molecule has 0 aliphatic carbocycles. The van der Waals surface area contributed by atoms with Crippen LogP contribution < -0.4 is 4.74 Å². The van der Waals surface area contributed by atoms with E-state index in [1.165, 1.54) is 6.92 Å². The number of aromatic nitrogens is 1. The van der Waals surface area contributed by atoms with Crippen LogP contribution in [0.3, 0.4) is 0 Å². The number of nitrogens with one attached hydrogen (secondary N) is 1. The largest absolute Gasteiger partial charge is 0.494 e. The number of nitro groups is 1. The number of benzene rings is 1. The predicted molar refractivity (Wildman–Crippen MR) is 80.6 cm³/mol. The minimum Gasteiger partial charge on any atom is -0.494 e. The first-order chi connectivity index (χ1) is 10.4. The number of rotatable bonds is 6. The Morgan fingerprint density at radius 3 is 2.77 bits per heavy atom. The second kappa shape index (κ2) is 6.05. The summed E-state index contributed by atoms with van der Waals surface area (Å²) in [7, 11) is 1.15. The monoisotopic (exact) mass is 306 g/mol. The van der Waals surface area contributed by atoms with Crippen molar-refractivity contribution in [3.63, 3.8) is 0 Å². The predicted octanol–water partition coefficient (Wildman–Crippen LogP) is 2.32. The van der Waals surface area contributed by atoms with E-state index in [1.807, 2.05) is 25.1 Å². The number of esters is 1. The maximum Gasteiger partial charge on any atom is 0.384 e. The Labute approximate surface area is 127 Å². The summed E-state index contributed by atoms with van der Waals surface area (Å²) in [6.45, 7) is 3.67. The topological polar surface area (TPSA) is 94.5 Å². The summed E-state index contributed by atoms with van der Waals surface area (Å²) >= 11 is 0. The van der Waals surface area contributed by atoms with Gasteiger partial charge in [-0.05, 0) is 30.7 Å². The van der Waals surface area contributed by atoms with Crippen LogP contribution >= 0.6 is 0 Å². The quantitative estimate of drug-likeness (QED) is 0.502. The first-order valence-corrected chi connectivity index (χ1v) is 6.88. The van der Waals surface area contributed by atoms with Crippen molar-refractivity contribution in [3.8, 4) is 5.75 Å². The number of hydrogen-bond acceptors (Lipinski definition) is 5. The SMILES string of the molecule is CCOc1ccc2[nH]cc(CC(C)(C(=O)OC)[N+](=O)[O-])c2c1. The molecule has 0 saturated heterocycles. The Kier molecular flexibility index (Phi) is 4.35. The van der Waals surface area contributed by atoms with Crippen LogP contribution in [0, 0.1) is 10.1 Å². The lowest BCUT2D eigenvalue weighted by atomic mass is 9.93. The van der Waals surface area contributed by atoms with Gasteiger partial charge < -0.3 is 14.5 Å². The average molecular weight is 306 g/mol. The first kappa shape index (κ1) is 15.8. The molecule has 0 fully saturated rings. The van der Waals surface area contributed by atoms with Crippen molar-refractivity contribution in [2.75, 3.05) is 13.7 Å². The Balaban J connectivity index is 2.43. The molecule has 1 N–H and O–H groups in total. The van der Waals surface area contributed by atoms with E-state index >= 15 is 0 Å². The first-order valence-electron chi connectivity index (χ1n) is 6.88. The van der Waals surface area contributed by atoms with Gasteiger partial charge in [-0.2, -0.15) is 0 Å². The maximum absolute atomic E-state index is 11.8. The highest BCUT2D eigenvalue weighted by Crippen LogP contribution is 2.28. The number of carbonyl (C=O) groups excluding carboxylic acids is 1. The second-order valence-electron chi connectivity index (χ2n) is 5.15. The van der Waals surface area contributed by atoms with Gasteiger partial charge in [-0.1, -0.05) is 0 Å². The van der Waals surface area contributed by atoms with Gasteiger partial charge in [-0.3, -0.25) is 10.1 Å². The molecule has 0 radical (unpaired) electrons. The van der Waals surface area contributed by atoms with Crippen LogP contribution in [0.4, 0.5) is 0 Å². The molecule has 1 aromatic heterocycles. The molecule has 0 amide bonds. The van der Waals surface area contributed by atoms with E-state index in [1.54, 1.807) is 6.20 Å². The molecule has 1 unspecified atom stereocenters. The average Bonchev–Trinajstić information content (AvgIpc) is 2.88. The van der Waals surface area contributed by atoms with E-state index in [0.29, 0.717) is 17.9 Å². The van der Waals surface area contributed by atoms with Gasteiger partial charge in [-0.15, -0.1) is 0 Å². The Morgan fingerprint density at radius 1 is 1.45 bits per heavy atom. The number of fused-ring (bicyclic) bond motifs is 1. The van der Waals surface area contributed by atoms with Crippen molar-refractivity contribution in [1.82, 2.24) is 4.98 Å². The molecule has 22 heavy (non-hydrogen) atoms. The van der Waals surface area contributed by atoms with E-state index in [-0.39, 0.29) is 6.42 Å². The highest BCUT2D eigenvalue weighted by Gasteiger charge is 2.47. The van der Waals surface area contributed by atoms with Crippen LogP contribution in [-0.2, 0) is 16.0 Å². The van der Waals surface area contributed by atoms with Crippen LogP contribution in [-0.4, -0.2) is 35.1 Å². The van der Waals surface area contributed by atoms with Gasteiger partial charge in [-0.25, -0.2) is 4.79 Å². The zero-order chi connectivity index (χ0) is 16.3. The van der Waals surface area contributed by atoms with Crippen molar-refractivity contribution in [3.05, 3.63) is 40.1 Å². The normalized spacial score (nSPS) is 13.6. The number of methoxy groups -OCH3 is 1. The van der Waals surface area contributed by atoms with E-state index in [2.05, 4.69) is 9.72 Å². The van der Waals surface area contributed by atoms with Crippen molar-refractivity contribution in [1.29, 1.82) is 0 Å². The van der Waals surface area contributed by atoms with Crippen LogP contribution in [0.25, 0.3) is 10.9 Å². The second-order valence-corrected chi connectivity index (χ2v) is 5.15. The molecule has 2 aromatic rings. The molecule has 1 heterocycles. The summed E-state index contributed by atoms with van der Waals surface area (Å²) in [5, 5.41) is 12.1. The van der Waals surface area contributed by atoms with Crippen LogP contribution in [0.1, 0.15) is 19.4 Å². The molecule has 118 valence electrons. The summed E-state index contributed by atoms with van der Waals surface area (Å²) in [5.41, 5.74) is -0.332. The lowest BCUT2D eigenvalue weighted by Crippen LogP contribution is -2.46. The Hall–Kier alpha value is -2.57. The minimum absolute atomic E-state index is 0.0672. The van der Waals surface area contributed by atoms with E-state index < -0.39 is 16.4 Å². The fourth-order valence-electron chi connectivity index (χ4n) is 2.36. The molecule has 7 nitrogen and oxygen atoms in total. The van der Waals surface area contributed by atoms with Gasteiger partial charge in [0.05, 0.1) is 20.1 Å². The Bertz CT molecular complexity index is 709. The standard InChI is InChI=1S/C15H18N2O5/c1-4-22-11-5-6-13-12(7-11)10(9-16-13)8-15(2,17(19)20)14(18)21-3/h5-7,9,16H,4,8H2,1-3H3. The Morgan fingerprint density at radius 2 is 2.18 bits per heavy atom. The molecule has 0 aliphatic rings. The summed E-state index contributed by atoms with van der Waals surface area (Å²) in [6, 6.07) is 5.47. The third-order valence-electron chi connectivity index (χ3n) is 3.61. The highest BCUT2D eigenvalue weighted by molar-refractivity contribution is 5.86. The molecule has 1 atom stereocenters. The lowest BCUT2D eigenvalue weighted by molar-refractivity contribution is -0.550. The number of nitrogens with zero attached hydrogens (tertiary/aromatic N) is 1. The van der Waals surface area contributed by atoms with Crippen molar-refractivity contribution < 1.29 is 19.2 Å². The highest BCUT2D eigenvalue weighted by atomic mass is 16.6. The molecular weight excluding hydrogens is 288 g/mol. The van der Waals surface area contributed by atoms with Gasteiger partial charge in [0.25, 0.3) is 0 Å². The van der Waals surface area contributed by atoms with Crippen LogP contribution in [0.15, 0.2) is 24.4 Å². The third-order valence-corrected chi connectivity index (χ3v) is 3.61. The van der Waals surface area contributed by atoms with E-state index in [0.717, 1.165) is 18.0 Å². The number of hydrogen-bond donors (Lipinski definition) is 1. The fourth-order valence-corrected chi connectivity index (χ4v) is 2.36. The van der Waals surface area contributed by atoms with Gasteiger partial charge >= 0.3 is 11.5 Å². The van der Waals surface area contributed by atoms with Gasteiger partial charge in [0.15, 0.2) is 0 Å². The van der Waals surface area contributed by atoms with Crippen LogP contribution in [0.5, 0.6) is 5.75 Å². The number of ether oxygens (including phenoxy) is 2. The summed E-state index contributed by atoms with van der Waals surface area (Å²) in [6.07, 6.45) is 1.60. The van der Waals surface area contributed by atoms with E-state index in [9.17, 15) is 14.9 Å². The van der Waals surface area contributed by atoms with E-state index in [4.69, 9.17) is 4.74 Å². The molecule has 1 aromatic carbocycles. The summed E-state index contributed by atoms with van der Waals surface area (Å²) in [5.74, 6) is -0.190. The summed E-state index contributed by atoms with van der Waals surface area (Å²) in [4.78, 5) is 25.6. The van der Waals surface area contributed by atoms with Gasteiger partial charge in [0.2, 0.25) is 0 Å². The number of H-pyrrole nitrogens is 1. The van der Waals surface area contributed by atoms with Crippen LogP contribution in [0.2, 0.25) is 0 Å². The number of aromatic amines is 1. The molecule has 0 aliphatic heterocycles. The fraction of sp³-hybridized carbons (Fsp3) is 0.400. The van der Waals surface area contributed by atoms with Crippen molar-refractivity contribution >= 4 is 16.9 Å². The zero-order valence-corrected chi connectivity index (χ0v) is 12.7. The summed E-state index contributed by atoms with van der Waals surface area (Å²) < 4.78 is 10.0. The molecule has 0 bridgehead atoms. The molecule has 7 heteroatoms. The zero-order valence-electron chi connectivity index (χ0n) is 12.7. The third kappa shape index (κ3) is 2.74.